The number of hydrogen-bond donors (Lipinski definition) is 1. The van der Waals surface area contributed by atoms with Crippen LogP contribution in [-0.4, -0.2) is 15.9 Å². The number of nitrogens with zero attached hydrogens (tertiary/aromatic N) is 2. The lowest BCUT2D eigenvalue weighted by Crippen LogP contribution is -1.97. The Morgan fingerprint density at radius 3 is 2.68 bits per heavy atom. The number of rotatable bonds is 3. The van der Waals surface area contributed by atoms with E-state index in [9.17, 15) is 0 Å². The summed E-state index contributed by atoms with van der Waals surface area (Å²) in [4.78, 5) is 4.22. The summed E-state index contributed by atoms with van der Waals surface area (Å²) in [5.41, 5.74) is 2.98. The predicted octanol–water partition coefficient (Wildman–Crippen LogP) is 4.10. The van der Waals surface area contributed by atoms with Crippen LogP contribution in [0.3, 0.4) is 0 Å². The largest absolute Gasteiger partial charge is 0.411 e. The average molecular weight is 273 g/mol. The summed E-state index contributed by atoms with van der Waals surface area (Å²) >= 11 is 6.01. The molecule has 1 aromatic carbocycles. The topological polar surface area (TPSA) is 45.5 Å². The molecule has 0 bridgehead atoms. The Labute approximate surface area is 116 Å². The zero-order valence-electron chi connectivity index (χ0n) is 10.4. The molecule has 0 saturated carbocycles. The van der Waals surface area contributed by atoms with E-state index in [2.05, 4.69) is 10.1 Å². The van der Waals surface area contributed by atoms with Crippen LogP contribution in [0.5, 0.6) is 0 Å². The van der Waals surface area contributed by atoms with E-state index in [1.54, 1.807) is 19.2 Å². The van der Waals surface area contributed by atoms with E-state index in [0.29, 0.717) is 16.3 Å². The van der Waals surface area contributed by atoms with Gasteiger partial charge in [-0.05, 0) is 24.6 Å². The van der Waals surface area contributed by atoms with Crippen LogP contribution in [0.25, 0.3) is 12.2 Å². The summed E-state index contributed by atoms with van der Waals surface area (Å²) in [5, 5.41) is 12.4. The molecule has 0 saturated heterocycles. The number of pyridine rings is 1. The smallest absolute Gasteiger partial charge is 0.0853 e. The summed E-state index contributed by atoms with van der Waals surface area (Å²) in [6, 6.07) is 11.7. The van der Waals surface area contributed by atoms with Crippen LogP contribution >= 0.6 is 11.6 Å². The maximum absolute atomic E-state index is 8.80. The summed E-state index contributed by atoms with van der Waals surface area (Å²) in [7, 11) is 0. The van der Waals surface area contributed by atoms with E-state index in [4.69, 9.17) is 16.8 Å². The van der Waals surface area contributed by atoms with Gasteiger partial charge in [0.2, 0.25) is 0 Å². The van der Waals surface area contributed by atoms with Gasteiger partial charge in [0, 0.05) is 11.8 Å². The first-order chi connectivity index (χ1) is 9.20. The lowest BCUT2D eigenvalue weighted by atomic mass is 10.1. The fourth-order valence-electron chi connectivity index (χ4n) is 1.62. The lowest BCUT2D eigenvalue weighted by molar-refractivity contribution is 0.319. The normalized spacial score (nSPS) is 12.0. The number of hydrogen-bond acceptors (Lipinski definition) is 3. The Morgan fingerprint density at radius 1 is 1.26 bits per heavy atom. The molecule has 0 unspecified atom stereocenters. The van der Waals surface area contributed by atoms with Crippen LogP contribution in [0, 0.1) is 0 Å². The molecule has 3 nitrogen and oxygen atoms in total. The molecule has 0 spiro atoms. The standard InChI is InChI=1S/C15H13ClN2O/c1-11(18-19)14-9-13(17-10-15(14)16)8-7-12-5-3-2-4-6-12/h2-10,19H,1H3/b8-7+,18-11?. The van der Waals surface area contributed by atoms with Gasteiger partial charge in [0.1, 0.15) is 0 Å². The van der Waals surface area contributed by atoms with E-state index >= 15 is 0 Å². The van der Waals surface area contributed by atoms with E-state index < -0.39 is 0 Å². The first-order valence-electron chi connectivity index (χ1n) is 5.78. The first kappa shape index (κ1) is 13.3. The monoisotopic (exact) mass is 272 g/mol. The fraction of sp³-hybridized carbons (Fsp3) is 0.0667. The van der Waals surface area contributed by atoms with Crippen LogP contribution in [0.2, 0.25) is 5.02 Å². The van der Waals surface area contributed by atoms with Gasteiger partial charge in [-0.3, -0.25) is 4.98 Å². The number of halogens is 1. The minimum Gasteiger partial charge on any atom is -0.411 e. The molecule has 0 aliphatic heterocycles. The molecule has 2 rings (SSSR count). The van der Waals surface area contributed by atoms with Crippen molar-refractivity contribution in [2.45, 2.75) is 6.92 Å². The highest BCUT2D eigenvalue weighted by Crippen LogP contribution is 2.17. The van der Waals surface area contributed by atoms with E-state index in [1.807, 2.05) is 42.5 Å². The molecule has 0 fully saturated rings. The fourth-order valence-corrected chi connectivity index (χ4v) is 1.86. The highest BCUT2D eigenvalue weighted by atomic mass is 35.5. The lowest BCUT2D eigenvalue weighted by Gasteiger charge is -2.03. The average Bonchev–Trinajstić information content (AvgIpc) is 2.46. The van der Waals surface area contributed by atoms with Crippen molar-refractivity contribution >= 4 is 29.5 Å². The Bertz CT molecular complexity index is 621. The van der Waals surface area contributed by atoms with E-state index in [1.165, 1.54) is 0 Å². The maximum Gasteiger partial charge on any atom is 0.0853 e. The van der Waals surface area contributed by atoms with Gasteiger partial charge in [0.25, 0.3) is 0 Å². The third kappa shape index (κ3) is 3.42. The van der Waals surface area contributed by atoms with Gasteiger partial charge < -0.3 is 5.21 Å². The van der Waals surface area contributed by atoms with E-state index in [-0.39, 0.29) is 0 Å². The third-order valence-electron chi connectivity index (χ3n) is 2.66. The molecule has 1 N–H and O–H groups in total. The third-order valence-corrected chi connectivity index (χ3v) is 2.96. The van der Waals surface area contributed by atoms with Gasteiger partial charge in [-0.15, -0.1) is 0 Å². The van der Waals surface area contributed by atoms with Crippen molar-refractivity contribution in [3.05, 3.63) is 64.4 Å². The van der Waals surface area contributed by atoms with Crippen LogP contribution in [0.1, 0.15) is 23.7 Å². The molecule has 0 radical (unpaired) electrons. The van der Waals surface area contributed by atoms with Crippen molar-refractivity contribution in [3.8, 4) is 0 Å². The Balaban J connectivity index is 2.30. The van der Waals surface area contributed by atoms with Crippen LogP contribution in [0.15, 0.2) is 47.8 Å². The highest BCUT2D eigenvalue weighted by molar-refractivity contribution is 6.34. The highest BCUT2D eigenvalue weighted by Gasteiger charge is 2.05. The Morgan fingerprint density at radius 2 is 2.00 bits per heavy atom. The second kappa shape index (κ2) is 6.16. The zero-order chi connectivity index (χ0) is 13.7. The number of aromatic nitrogens is 1. The Kier molecular flexibility index (Phi) is 4.31. The first-order valence-corrected chi connectivity index (χ1v) is 6.16. The zero-order valence-corrected chi connectivity index (χ0v) is 11.2. The molecule has 1 heterocycles. The molecule has 1 aromatic heterocycles. The molecule has 0 aliphatic carbocycles. The molecule has 4 heteroatoms. The van der Waals surface area contributed by atoms with Crippen molar-refractivity contribution in [1.29, 1.82) is 0 Å². The molecule has 96 valence electrons. The van der Waals surface area contributed by atoms with Crippen molar-refractivity contribution < 1.29 is 5.21 Å². The van der Waals surface area contributed by atoms with Gasteiger partial charge >= 0.3 is 0 Å². The van der Waals surface area contributed by atoms with Crippen molar-refractivity contribution in [2.75, 3.05) is 0 Å². The number of oxime groups is 1. The predicted molar refractivity (Wildman–Crippen MR) is 78.6 cm³/mol. The van der Waals surface area contributed by atoms with Crippen LogP contribution in [0.4, 0.5) is 0 Å². The minimum absolute atomic E-state index is 0.460. The SMILES string of the molecule is CC(=NO)c1cc(/C=C/c2ccccc2)ncc1Cl. The summed E-state index contributed by atoms with van der Waals surface area (Å²) < 4.78 is 0. The van der Waals surface area contributed by atoms with Crippen molar-refractivity contribution in [2.24, 2.45) is 5.16 Å². The van der Waals surface area contributed by atoms with Crippen molar-refractivity contribution in [3.63, 3.8) is 0 Å². The number of benzene rings is 1. The van der Waals surface area contributed by atoms with Gasteiger partial charge in [0.15, 0.2) is 0 Å². The molecule has 2 aromatic rings. The molecular formula is C15H13ClN2O. The molecule has 0 amide bonds. The minimum atomic E-state index is 0.460. The summed E-state index contributed by atoms with van der Waals surface area (Å²) in [6.45, 7) is 1.69. The van der Waals surface area contributed by atoms with Crippen LogP contribution in [-0.2, 0) is 0 Å². The van der Waals surface area contributed by atoms with E-state index in [0.717, 1.165) is 11.3 Å². The summed E-state index contributed by atoms with van der Waals surface area (Å²) in [5.74, 6) is 0. The molecule has 0 atom stereocenters. The maximum atomic E-state index is 8.80. The molecule has 19 heavy (non-hydrogen) atoms. The van der Waals surface area contributed by atoms with Gasteiger partial charge in [-0.1, -0.05) is 53.2 Å². The Hall–Kier alpha value is -2.13. The van der Waals surface area contributed by atoms with Crippen LogP contribution < -0.4 is 0 Å². The summed E-state index contributed by atoms with van der Waals surface area (Å²) in [6.07, 6.45) is 5.40. The van der Waals surface area contributed by atoms with Gasteiger partial charge in [-0.25, -0.2) is 0 Å². The molecule has 0 aliphatic rings. The van der Waals surface area contributed by atoms with Gasteiger partial charge in [0.05, 0.1) is 16.4 Å². The second-order valence-electron chi connectivity index (χ2n) is 4.02. The van der Waals surface area contributed by atoms with Crippen molar-refractivity contribution in [1.82, 2.24) is 4.98 Å². The van der Waals surface area contributed by atoms with Gasteiger partial charge in [-0.2, -0.15) is 0 Å². The quantitative estimate of drug-likeness (QED) is 0.519. The molecular weight excluding hydrogens is 260 g/mol. The second-order valence-corrected chi connectivity index (χ2v) is 4.43.